The summed E-state index contributed by atoms with van der Waals surface area (Å²) >= 11 is 5.92. The highest BCUT2D eigenvalue weighted by atomic mass is 35.5. The van der Waals surface area contributed by atoms with E-state index >= 15 is 0 Å². The van der Waals surface area contributed by atoms with E-state index in [0.29, 0.717) is 22.9 Å². The van der Waals surface area contributed by atoms with E-state index in [1.807, 2.05) is 49.4 Å². The van der Waals surface area contributed by atoms with Crippen LogP contribution in [0.2, 0.25) is 5.02 Å². The van der Waals surface area contributed by atoms with Gasteiger partial charge in [0.2, 0.25) is 5.91 Å². The van der Waals surface area contributed by atoms with Gasteiger partial charge in [0.05, 0.1) is 12.8 Å². The molecule has 1 fully saturated rings. The highest BCUT2D eigenvalue weighted by Crippen LogP contribution is 2.27. The number of carbonyl (C=O) groups excluding carboxylic acids is 1. The van der Waals surface area contributed by atoms with E-state index in [4.69, 9.17) is 16.3 Å². The van der Waals surface area contributed by atoms with Crippen molar-refractivity contribution in [1.82, 2.24) is 10.9 Å². The van der Waals surface area contributed by atoms with Crippen molar-refractivity contribution >= 4 is 23.2 Å². The third-order valence-electron chi connectivity index (χ3n) is 4.10. The molecule has 3 rings (SSSR count). The number of rotatable bonds is 4. The van der Waals surface area contributed by atoms with Crippen LogP contribution in [0.25, 0.3) is 0 Å². The van der Waals surface area contributed by atoms with E-state index in [9.17, 15) is 4.79 Å². The molecule has 1 aliphatic heterocycles. The molecule has 1 heterocycles. The summed E-state index contributed by atoms with van der Waals surface area (Å²) < 4.78 is 5.30. The summed E-state index contributed by atoms with van der Waals surface area (Å²) in [6.07, 6.45) is 0.654. The van der Waals surface area contributed by atoms with E-state index in [1.54, 1.807) is 7.11 Å². The minimum atomic E-state index is -0.323. The standard InChI is InChI=1S/C18H20ClN3O2/c1-11-3-8-17(24-2)15(9-11)20-18(23)16-10-14(21-22-16)12-4-6-13(19)7-5-12/h3-9,14,16,21-22H,10H2,1-2H3,(H,20,23). The molecular formula is C18H20ClN3O2. The van der Waals surface area contributed by atoms with Crippen molar-refractivity contribution in [2.45, 2.75) is 25.4 Å². The van der Waals surface area contributed by atoms with Gasteiger partial charge >= 0.3 is 0 Å². The number of methoxy groups -OCH3 is 1. The summed E-state index contributed by atoms with van der Waals surface area (Å²) in [7, 11) is 1.59. The van der Waals surface area contributed by atoms with Crippen LogP contribution in [-0.4, -0.2) is 19.1 Å². The Hall–Kier alpha value is -2.08. The van der Waals surface area contributed by atoms with Crippen molar-refractivity contribution in [3.63, 3.8) is 0 Å². The van der Waals surface area contributed by atoms with Crippen molar-refractivity contribution in [2.24, 2.45) is 0 Å². The number of halogens is 1. The van der Waals surface area contributed by atoms with Gasteiger partial charge in [-0.3, -0.25) is 4.79 Å². The Morgan fingerprint density at radius 3 is 2.67 bits per heavy atom. The van der Waals surface area contributed by atoms with Crippen molar-refractivity contribution in [3.05, 3.63) is 58.6 Å². The monoisotopic (exact) mass is 345 g/mol. The Kier molecular flexibility index (Phi) is 5.04. The second kappa shape index (κ2) is 7.21. The zero-order chi connectivity index (χ0) is 17.1. The normalized spacial score (nSPS) is 20.0. The lowest BCUT2D eigenvalue weighted by atomic mass is 10.0. The first kappa shape index (κ1) is 16.8. The van der Waals surface area contributed by atoms with Gasteiger partial charge in [0.15, 0.2) is 0 Å². The van der Waals surface area contributed by atoms with E-state index in [2.05, 4.69) is 16.2 Å². The van der Waals surface area contributed by atoms with Gasteiger partial charge in [0.1, 0.15) is 11.8 Å². The van der Waals surface area contributed by atoms with E-state index < -0.39 is 0 Å². The van der Waals surface area contributed by atoms with Gasteiger partial charge in [-0.05, 0) is 48.7 Å². The Morgan fingerprint density at radius 2 is 1.96 bits per heavy atom. The second-order valence-electron chi connectivity index (χ2n) is 5.87. The summed E-state index contributed by atoms with van der Waals surface area (Å²) in [6.45, 7) is 1.97. The molecule has 0 bridgehead atoms. The second-order valence-corrected chi connectivity index (χ2v) is 6.31. The summed E-state index contributed by atoms with van der Waals surface area (Å²) in [5.41, 5.74) is 9.05. The molecule has 1 saturated heterocycles. The molecule has 2 aromatic carbocycles. The zero-order valence-electron chi connectivity index (χ0n) is 13.6. The molecule has 0 radical (unpaired) electrons. The van der Waals surface area contributed by atoms with Gasteiger partial charge < -0.3 is 10.1 Å². The van der Waals surface area contributed by atoms with Crippen molar-refractivity contribution < 1.29 is 9.53 Å². The molecule has 6 heteroatoms. The van der Waals surface area contributed by atoms with Crippen LogP contribution in [0.4, 0.5) is 5.69 Å². The highest BCUT2D eigenvalue weighted by Gasteiger charge is 2.30. The number of nitrogens with one attached hydrogen (secondary N) is 3. The fourth-order valence-corrected chi connectivity index (χ4v) is 2.91. The molecule has 0 spiro atoms. The fourth-order valence-electron chi connectivity index (χ4n) is 2.78. The number of hydrogen-bond donors (Lipinski definition) is 3. The SMILES string of the molecule is COc1ccc(C)cc1NC(=O)C1CC(c2ccc(Cl)cc2)NN1. The van der Waals surface area contributed by atoms with Crippen molar-refractivity contribution in [2.75, 3.05) is 12.4 Å². The molecule has 1 amide bonds. The summed E-state index contributed by atoms with van der Waals surface area (Å²) in [5.74, 6) is 0.553. The van der Waals surface area contributed by atoms with Gasteiger partial charge in [0, 0.05) is 11.1 Å². The van der Waals surface area contributed by atoms with Crippen LogP contribution in [0.5, 0.6) is 5.75 Å². The molecule has 2 aromatic rings. The first-order chi connectivity index (χ1) is 11.6. The number of hydrogen-bond acceptors (Lipinski definition) is 4. The minimum Gasteiger partial charge on any atom is -0.495 e. The molecule has 0 aliphatic carbocycles. The molecule has 0 aromatic heterocycles. The number of carbonyl (C=O) groups is 1. The van der Waals surface area contributed by atoms with Gasteiger partial charge in [0.25, 0.3) is 0 Å². The van der Waals surface area contributed by atoms with Crippen LogP contribution in [0.1, 0.15) is 23.6 Å². The van der Waals surface area contributed by atoms with Gasteiger partial charge in [-0.1, -0.05) is 29.8 Å². The Labute approximate surface area is 146 Å². The van der Waals surface area contributed by atoms with Crippen LogP contribution in [0, 0.1) is 6.92 Å². The third kappa shape index (κ3) is 3.70. The minimum absolute atomic E-state index is 0.0671. The van der Waals surface area contributed by atoms with E-state index in [-0.39, 0.29) is 18.0 Å². The highest BCUT2D eigenvalue weighted by molar-refractivity contribution is 6.30. The molecule has 126 valence electrons. The molecule has 24 heavy (non-hydrogen) atoms. The molecule has 2 atom stereocenters. The molecule has 3 N–H and O–H groups in total. The summed E-state index contributed by atoms with van der Waals surface area (Å²) in [5, 5.41) is 3.64. The van der Waals surface area contributed by atoms with Crippen molar-refractivity contribution in [1.29, 1.82) is 0 Å². The van der Waals surface area contributed by atoms with Crippen LogP contribution < -0.4 is 20.9 Å². The average molecular weight is 346 g/mol. The van der Waals surface area contributed by atoms with Crippen LogP contribution in [0.3, 0.4) is 0 Å². The summed E-state index contributed by atoms with van der Waals surface area (Å²) in [4.78, 5) is 12.5. The van der Waals surface area contributed by atoms with Crippen LogP contribution >= 0.6 is 11.6 Å². The maximum atomic E-state index is 12.5. The van der Waals surface area contributed by atoms with Gasteiger partial charge in [-0.25, -0.2) is 10.9 Å². The maximum absolute atomic E-state index is 12.5. The largest absolute Gasteiger partial charge is 0.495 e. The fraction of sp³-hybridized carbons (Fsp3) is 0.278. The lowest BCUT2D eigenvalue weighted by Crippen LogP contribution is -2.39. The van der Waals surface area contributed by atoms with E-state index in [0.717, 1.165) is 11.1 Å². The summed E-state index contributed by atoms with van der Waals surface area (Å²) in [6, 6.07) is 13.1. The first-order valence-corrected chi connectivity index (χ1v) is 8.16. The van der Waals surface area contributed by atoms with Crippen molar-refractivity contribution in [3.8, 4) is 5.75 Å². The lowest BCUT2D eigenvalue weighted by Gasteiger charge is -2.14. The quantitative estimate of drug-likeness (QED) is 0.796. The Balaban J connectivity index is 1.66. The molecule has 0 saturated carbocycles. The smallest absolute Gasteiger partial charge is 0.243 e. The van der Waals surface area contributed by atoms with Gasteiger partial charge in [-0.15, -0.1) is 0 Å². The topological polar surface area (TPSA) is 62.4 Å². The average Bonchev–Trinajstić information content (AvgIpc) is 3.06. The van der Waals surface area contributed by atoms with Crippen LogP contribution in [0.15, 0.2) is 42.5 Å². The third-order valence-corrected chi connectivity index (χ3v) is 4.36. The first-order valence-electron chi connectivity index (χ1n) is 7.79. The predicted molar refractivity (Wildman–Crippen MR) is 95.2 cm³/mol. The molecule has 1 aliphatic rings. The zero-order valence-corrected chi connectivity index (χ0v) is 14.4. The lowest BCUT2D eigenvalue weighted by molar-refractivity contribution is -0.117. The van der Waals surface area contributed by atoms with Gasteiger partial charge in [-0.2, -0.15) is 0 Å². The number of benzene rings is 2. The number of anilines is 1. The molecule has 5 nitrogen and oxygen atoms in total. The molecule has 2 unspecified atom stereocenters. The number of aryl methyl sites for hydroxylation is 1. The molecular weight excluding hydrogens is 326 g/mol. The van der Waals surface area contributed by atoms with Crippen LogP contribution in [-0.2, 0) is 4.79 Å². The predicted octanol–water partition coefficient (Wildman–Crippen LogP) is 3.20. The number of amides is 1. The number of ether oxygens (including phenoxy) is 1. The maximum Gasteiger partial charge on any atom is 0.243 e. The van der Waals surface area contributed by atoms with E-state index in [1.165, 1.54) is 0 Å². The number of hydrazine groups is 1. The Bertz CT molecular complexity index is 734. The Morgan fingerprint density at radius 1 is 1.21 bits per heavy atom.